The molecule has 0 saturated heterocycles. The first kappa shape index (κ1) is 10.7. The molecular weight excluding hydrogens is 202 g/mol. The van der Waals surface area contributed by atoms with E-state index in [1.807, 2.05) is 0 Å². The highest BCUT2D eigenvalue weighted by Crippen LogP contribution is 2.26. The number of pyridine rings is 1. The fourth-order valence-corrected chi connectivity index (χ4v) is 0.911. The van der Waals surface area contributed by atoms with Crippen molar-refractivity contribution >= 4 is 0 Å². The van der Waals surface area contributed by atoms with Crippen LogP contribution in [0.25, 0.3) is 0 Å². The van der Waals surface area contributed by atoms with E-state index >= 15 is 0 Å². The third kappa shape index (κ3) is 2.34. The summed E-state index contributed by atoms with van der Waals surface area (Å²) in [7, 11) is 0. The maximum atomic E-state index is 13.1. The second kappa shape index (κ2) is 3.43. The van der Waals surface area contributed by atoms with E-state index in [4.69, 9.17) is 0 Å². The standard InChI is InChI=1S/C8H7F4NO/c1-4-3-13-7(5(2)6(4)9)14-8(10,11)12/h3H,1-2H3. The molecule has 78 valence electrons. The fraction of sp³-hybridized carbons (Fsp3) is 0.375. The van der Waals surface area contributed by atoms with Gasteiger partial charge in [-0.05, 0) is 13.8 Å². The summed E-state index contributed by atoms with van der Waals surface area (Å²) in [6.45, 7) is 2.59. The molecule has 0 saturated carbocycles. The zero-order chi connectivity index (χ0) is 10.9. The predicted octanol–water partition coefficient (Wildman–Crippen LogP) is 2.74. The Morgan fingerprint density at radius 2 is 1.86 bits per heavy atom. The van der Waals surface area contributed by atoms with Crippen LogP contribution in [0.1, 0.15) is 11.1 Å². The van der Waals surface area contributed by atoms with Crippen LogP contribution in [0.15, 0.2) is 6.20 Å². The Labute approximate surface area is 77.5 Å². The minimum atomic E-state index is -4.85. The summed E-state index contributed by atoms with van der Waals surface area (Å²) >= 11 is 0. The van der Waals surface area contributed by atoms with Crippen molar-refractivity contribution in [2.45, 2.75) is 20.2 Å². The quantitative estimate of drug-likeness (QED) is 0.663. The summed E-state index contributed by atoms with van der Waals surface area (Å²) in [6.07, 6.45) is -3.86. The van der Waals surface area contributed by atoms with Gasteiger partial charge >= 0.3 is 6.36 Å². The monoisotopic (exact) mass is 209 g/mol. The van der Waals surface area contributed by atoms with Crippen molar-refractivity contribution in [3.05, 3.63) is 23.1 Å². The molecule has 1 aromatic rings. The molecule has 0 N–H and O–H groups in total. The Hall–Kier alpha value is -1.33. The molecule has 2 nitrogen and oxygen atoms in total. The van der Waals surface area contributed by atoms with Crippen molar-refractivity contribution in [2.24, 2.45) is 0 Å². The average Bonchev–Trinajstić information content (AvgIpc) is 2.04. The lowest BCUT2D eigenvalue weighted by atomic mass is 10.2. The Morgan fingerprint density at radius 1 is 1.29 bits per heavy atom. The van der Waals surface area contributed by atoms with Gasteiger partial charge in [-0.1, -0.05) is 0 Å². The first-order valence-corrected chi connectivity index (χ1v) is 3.68. The highest BCUT2D eigenvalue weighted by Gasteiger charge is 2.33. The van der Waals surface area contributed by atoms with Crippen LogP contribution in [-0.4, -0.2) is 11.3 Å². The van der Waals surface area contributed by atoms with E-state index in [9.17, 15) is 17.6 Å². The van der Waals surface area contributed by atoms with Crippen LogP contribution >= 0.6 is 0 Å². The van der Waals surface area contributed by atoms with E-state index in [1.54, 1.807) is 0 Å². The Morgan fingerprint density at radius 3 is 2.36 bits per heavy atom. The molecule has 1 aromatic heterocycles. The molecule has 14 heavy (non-hydrogen) atoms. The molecule has 0 amide bonds. The zero-order valence-electron chi connectivity index (χ0n) is 7.44. The zero-order valence-corrected chi connectivity index (χ0v) is 7.44. The minimum Gasteiger partial charge on any atom is -0.387 e. The molecule has 0 aliphatic carbocycles. The highest BCUT2D eigenvalue weighted by atomic mass is 19.4. The maximum absolute atomic E-state index is 13.1. The number of ether oxygens (including phenoxy) is 1. The number of hydrogen-bond acceptors (Lipinski definition) is 2. The van der Waals surface area contributed by atoms with Crippen LogP contribution in [0.4, 0.5) is 17.6 Å². The number of aromatic nitrogens is 1. The molecule has 0 bridgehead atoms. The van der Waals surface area contributed by atoms with Crippen molar-refractivity contribution < 1.29 is 22.3 Å². The van der Waals surface area contributed by atoms with Gasteiger partial charge in [0.1, 0.15) is 5.82 Å². The van der Waals surface area contributed by atoms with E-state index in [1.165, 1.54) is 13.8 Å². The van der Waals surface area contributed by atoms with E-state index < -0.39 is 18.1 Å². The molecule has 0 spiro atoms. The molecule has 1 rings (SSSR count). The lowest BCUT2D eigenvalue weighted by molar-refractivity contribution is -0.276. The van der Waals surface area contributed by atoms with Gasteiger partial charge in [-0.3, -0.25) is 0 Å². The van der Waals surface area contributed by atoms with Crippen LogP contribution in [0, 0.1) is 19.7 Å². The number of hydrogen-bond donors (Lipinski definition) is 0. The fourth-order valence-electron chi connectivity index (χ4n) is 0.911. The minimum absolute atomic E-state index is 0.178. The summed E-state index contributed by atoms with van der Waals surface area (Å²) < 4.78 is 51.9. The van der Waals surface area contributed by atoms with Gasteiger partial charge in [-0.25, -0.2) is 9.37 Å². The van der Waals surface area contributed by atoms with Gasteiger partial charge < -0.3 is 4.74 Å². The first-order valence-electron chi connectivity index (χ1n) is 3.68. The Bertz CT molecular complexity index is 348. The molecule has 0 aliphatic heterocycles. The van der Waals surface area contributed by atoms with Crippen LogP contribution in [0.3, 0.4) is 0 Å². The molecule has 0 atom stereocenters. The maximum Gasteiger partial charge on any atom is 0.574 e. The van der Waals surface area contributed by atoms with Gasteiger partial charge in [0.15, 0.2) is 0 Å². The summed E-state index contributed by atoms with van der Waals surface area (Å²) in [5, 5.41) is 0. The summed E-state index contributed by atoms with van der Waals surface area (Å²) in [6, 6.07) is 0. The number of alkyl halides is 3. The van der Waals surface area contributed by atoms with Crippen LogP contribution in [0.2, 0.25) is 0 Å². The third-order valence-electron chi connectivity index (χ3n) is 1.58. The highest BCUT2D eigenvalue weighted by molar-refractivity contribution is 5.30. The third-order valence-corrected chi connectivity index (χ3v) is 1.58. The van der Waals surface area contributed by atoms with Gasteiger partial charge in [0.2, 0.25) is 5.88 Å². The van der Waals surface area contributed by atoms with Crippen molar-refractivity contribution in [1.29, 1.82) is 0 Å². The summed E-state index contributed by atoms with van der Waals surface area (Å²) in [5.41, 5.74) is -0.0700. The van der Waals surface area contributed by atoms with E-state index in [0.29, 0.717) is 0 Å². The van der Waals surface area contributed by atoms with Crippen LogP contribution < -0.4 is 4.74 Å². The lowest BCUT2D eigenvalue weighted by Crippen LogP contribution is -2.19. The smallest absolute Gasteiger partial charge is 0.387 e. The van der Waals surface area contributed by atoms with Crippen molar-refractivity contribution in [1.82, 2.24) is 4.98 Å². The number of rotatable bonds is 1. The lowest BCUT2D eigenvalue weighted by Gasteiger charge is -2.10. The Kier molecular flexibility index (Phi) is 2.64. The first-order chi connectivity index (χ1) is 6.31. The largest absolute Gasteiger partial charge is 0.574 e. The topological polar surface area (TPSA) is 22.1 Å². The number of aryl methyl sites for hydroxylation is 1. The van der Waals surface area contributed by atoms with E-state index in [2.05, 4.69) is 9.72 Å². The molecule has 0 aliphatic rings. The summed E-state index contributed by atoms with van der Waals surface area (Å²) in [4.78, 5) is 3.34. The second-order valence-electron chi connectivity index (χ2n) is 2.73. The van der Waals surface area contributed by atoms with Crippen LogP contribution in [-0.2, 0) is 0 Å². The SMILES string of the molecule is Cc1cnc(OC(F)(F)F)c(C)c1F. The predicted molar refractivity (Wildman–Crippen MR) is 40.4 cm³/mol. The molecule has 0 unspecified atom stereocenters. The molecular formula is C8H7F4NO. The molecule has 0 radical (unpaired) electrons. The second-order valence-corrected chi connectivity index (χ2v) is 2.73. The van der Waals surface area contributed by atoms with Gasteiger partial charge in [-0.2, -0.15) is 0 Å². The van der Waals surface area contributed by atoms with Crippen molar-refractivity contribution in [3.8, 4) is 5.88 Å². The average molecular weight is 209 g/mol. The van der Waals surface area contributed by atoms with Crippen LogP contribution in [0.5, 0.6) is 5.88 Å². The Balaban J connectivity index is 3.06. The summed E-state index contributed by atoms with van der Waals surface area (Å²) in [5.74, 6) is -1.49. The van der Waals surface area contributed by atoms with Gasteiger partial charge in [0, 0.05) is 17.3 Å². The number of halogens is 4. The van der Waals surface area contributed by atoms with E-state index in [-0.39, 0.29) is 11.1 Å². The van der Waals surface area contributed by atoms with Crippen molar-refractivity contribution in [2.75, 3.05) is 0 Å². The van der Waals surface area contributed by atoms with Gasteiger partial charge in [-0.15, -0.1) is 13.2 Å². The molecule has 1 heterocycles. The van der Waals surface area contributed by atoms with Gasteiger partial charge in [0.25, 0.3) is 0 Å². The normalized spacial score (nSPS) is 11.6. The van der Waals surface area contributed by atoms with Gasteiger partial charge in [0.05, 0.1) is 0 Å². The number of nitrogens with zero attached hydrogens (tertiary/aromatic N) is 1. The molecule has 0 fully saturated rings. The molecule has 0 aromatic carbocycles. The van der Waals surface area contributed by atoms with Crippen molar-refractivity contribution in [3.63, 3.8) is 0 Å². The molecule has 6 heteroatoms. The van der Waals surface area contributed by atoms with E-state index in [0.717, 1.165) is 6.20 Å².